The molecule has 2 rings (SSSR count). The molecule has 0 aromatic heterocycles. The fourth-order valence-corrected chi connectivity index (χ4v) is 2.49. The van der Waals surface area contributed by atoms with Crippen molar-refractivity contribution in [2.45, 2.75) is 19.8 Å². The van der Waals surface area contributed by atoms with Crippen molar-refractivity contribution >= 4 is 12.6 Å². The molecule has 68 valence electrons. The summed E-state index contributed by atoms with van der Waals surface area (Å²) in [7, 11) is 0. The van der Waals surface area contributed by atoms with Gasteiger partial charge in [-0.3, -0.25) is 0 Å². The van der Waals surface area contributed by atoms with E-state index in [-0.39, 0.29) is 0 Å². The quantitative estimate of drug-likeness (QED) is 0.646. The van der Waals surface area contributed by atoms with E-state index >= 15 is 0 Å². The van der Waals surface area contributed by atoms with E-state index in [1.54, 1.807) is 0 Å². The van der Waals surface area contributed by atoms with E-state index in [2.05, 4.69) is 49.9 Å². The Morgan fingerprint density at radius 3 is 2.23 bits per heavy atom. The largest absolute Gasteiger partial charge is 0.152 e. The highest BCUT2D eigenvalue weighted by Crippen LogP contribution is 2.37. The summed E-state index contributed by atoms with van der Waals surface area (Å²) < 4.78 is 0. The maximum atomic E-state index is 4.15. The van der Waals surface area contributed by atoms with Crippen molar-refractivity contribution in [3.05, 3.63) is 46.9 Å². The fraction of sp³-hybridized carbons (Fsp3) is 0.333. The molecule has 1 aromatic carbocycles. The van der Waals surface area contributed by atoms with Gasteiger partial charge in [0, 0.05) is 0 Å². The second-order valence-electron chi connectivity index (χ2n) is 4.09. The van der Waals surface area contributed by atoms with Gasteiger partial charge in [-0.25, -0.2) is 0 Å². The smallest absolute Gasteiger partial charge is 0.00576 e. The van der Waals surface area contributed by atoms with Gasteiger partial charge < -0.3 is 0 Å². The van der Waals surface area contributed by atoms with Crippen molar-refractivity contribution in [2.24, 2.45) is 5.41 Å². The van der Waals surface area contributed by atoms with E-state index in [4.69, 9.17) is 0 Å². The minimum absolute atomic E-state index is 0.297. The van der Waals surface area contributed by atoms with E-state index in [0.717, 1.165) is 12.8 Å². The molecule has 0 spiro atoms. The summed E-state index contributed by atoms with van der Waals surface area (Å²) in [6.45, 7) is 2.29. The zero-order valence-electron chi connectivity index (χ0n) is 7.83. The van der Waals surface area contributed by atoms with Crippen molar-refractivity contribution in [1.82, 2.24) is 0 Å². The summed E-state index contributed by atoms with van der Waals surface area (Å²) in [5, 5.41) is 1.87. The molecule has 1 aromatic rings. The molecule has 0 heterocycles. The topological polar surface area (TPSA) is 0 Å². The Morgan fingerprint density at radius 1 is 1.23 bits per heavy atom. The lowest BCUT2D eigenvalue weighted by molar-refractivity contribution is 0.459. The van der Waals surface area contributed by atoms with Gasteiger partial charge in [0.15, 0.2) is 0 Å². The molecular weight excluding hydrogens is 176 g/mol. The Morgan fingerprint density at radius 2 is 1.77 bits per heavy atom. The summed E-state index contributed by atoms with van der Waals surface area (Å²) in [4.78, 5) is 0. The third kappa shape index (κ3) is 1.66. The van der Waals surface area contributed by atoms with Crippen LogP contribution in [0.4, 0.5) is 0 Å². The molecule has 0 atom stereocenters. The monoisotopic (exact) mass is 190 g/mol. The van der Waals surface area contributed by atoms with Gasteiger partial charge in [0.1, 0.15) is 0 Å². The SMILES string of the molecule is CC1(/C=C/S)Cc2ccccc2C1. The van der Waals surface area contributed by atoms with Crippen LogP contribution in [-0.2, 0) is 12.8 Å². The first-order valence-electron chi connectivity index (χ1n) is 4.62. The number of hydrogen-bond donors (Lipinski definition) is 1. The van der Waals surface area contributed by atoms with Crippen LogP contribution in [0, 0.1) is 5.41 Å². The lowest BCUT2D eigenvalue weighted by atomic mass is 9.88. The molecular formula is C12H14S. The summed E-state index contributed by atoms with van der Waals surface area (Å²) in [5.74, 6) is 0. The highest BCUT2D eigenvalue weighted by atomic mass is 32.1. The normalized spacial score (nSPS) is 19.2. The van der Waals surface area contributed by atoms with Gasteiger partial charge >= 0.3 is 0 Å². The minimum Gasteiger partial charge on any atom is -0.152 e. The van der Waals surface area contributed by atoms with Crippen molar-refractivity contribution in [3.8, 4) is 0 Å². The average Bonchev–Trinajstić information content (AvgIpc) is 2.40. The number of hydrogen-bond acceptors (Lipinski definition) is 1. The fourth-order valence-electron chi connectivity index (χ4n) is 2.13. The number of allylic oxidation sites excluding steroid dienone is 1. The first-order chi connectivity index (χ1) is 6.23. The molecule has 0 saturated heterocycles. The summed E-state index contributed by atoms with van der Waals surface area (Å²) in [5.41, 5.74) is 3.29. The molecule has 0 unspecified atom stereocenters. The van der Waals surface area contributed by atoms with Crippen molar-refractivity contribution in [1.29, 1.82) is 0 Å². The van der Waals surface area contributed by atoms with Crippen LogP contribution in [-0.4, -0.2) is 0 Å². The standard InChI is InChI=1S/C12H14S/c1-12(6-7-13)8-10-4-2-3-5-11(10)9-12/h2-7,13H,8-9H2,1H3/b7-6+. The second-order valence-corrected chi connectivity index (χ2v) is 4.39. The van der Waals surface area contributed by atoms with Crippen LogP contribution in [0.2, 0.25) is 0 Å². The van der Waals surface area contributed by atoms with Crippen molar-refractivity contribution in [3.63, 3.8) is 0 Å². The first-order valence-corrected chi connectivity index (χ1v) is 5.14. The van der Waals surface area contributed by atoms with Gasteiger partial charge in [-0.1, -0.05) is 37.3 Å². The lowest BCUT2D eigenvalue weighted by Crippen LogP contribution is -2.11. The molecule has 1 heteroatoms. The van der Waals surface area contributed by atoms with Gasteiger partial charge in [-0.05, 0) is 34.8 Å². The Labute approximate surface area is 85.1 Å². The van der Waals surface area contributed by atoms with Gasteiger partial charge in [-0.2, -0.15) is 12.6 Å². The molecule has 0 radical (unpaired) electrons. The molecule has 0 nitrogen and oxygen atoms in total. The van der Waals surface area contributed by atoms with Crippen LogP contribution < -0.4 is 0 Å². The molecule has 0 aliphatic heterocycles. The first kappa shape index (κ1) is 8.89. The number of fused-ring (bicyclic) bond motifs is 1. The van der Waals surface area contributed by atoms with E-state index < -0.39 is 0 Å². The number of benzene rings is 1. The van der Waals surface area contributed by atoms with Crippen molar-refractivity contribution in [2.75, 3.05) is 0 Å². The number of thiol groups is 1. The Balaban J connectivity index is 2.31. The third-order valence-corrected chi connectivity index (χ3v) is 2.93. The van der Waals surface area contributed by atoms with Gasteiger partial charge in [0.05, 0.1) is 0 Å². The Kier molecular flexibility index (Phi) is 2.20. The van der Waals surface area contributed by atoms with Crippen LogP contribution in [0.15, 0.2) is 35.7 Å². The zero-order valence-corrected chi connectivity index (χ0v) is 8.72. The molecule has 0 saturated carbocycles. The maximum absolute atomic E-state index is 4.15. The van der Waals surface area contributed by atoms with E-state index in [1.807, 2.05) is 5.41 Å². The van der Waals surface area contributed by atoms with Crippen LogP contribution in [0.1, 0.15) is 18.1 Å². The van der Waals surface area contributed by atoms with Gasteiger partial charge in [0.25, 0.3) is 0 Å². The van der Waals surface area contributed by atoms with E-state index in [1.165, 1.54) is 11.1 Å². The summed E-state index contributed by atoms with van der Waals surface area (Å²) in [6.07, 6.45) is 4.51. The van der Waals surface area contributed by atoms with E-state index in [0.29, 0.717) is 5.41 Å². The van der Waals surface area contributed by atoms with Gasteiger partial charge in [0.2, 0.25) is 0 Å². The summed E-state index contributed by atoms with van der Waals surface area (Å²) in [6, 6.07) is 8.70. The van der Waals surface area contributed by atoms with Crippen LogP contribution in [0.5, 0.6) is 0 Å². The average molecular weight is 190 g/mol. The predicted octanol–water partition coefficient (Wildman–Crippen LogP) is 3.24. The molecule has 0 bridgehead atoms. The summed E-state index contributed by atoms with van der Waals surface area (Å²) >= 11 is 4.15. The number of rotatable bonds is 1. The minimum atomic E-state index is 0.297. The maximum Gasteiger partial charge on any atom is -0.00576 e. The highest BCUT2D eigenvalue weighted by Gasteiger charge is 2.29. The Hall–Kier alpha value is -0.690. The van der Waals surface area contributed by atoms with Crippen LogP contribution in [0.25, 0.3) is 0 Å². The lowest BCUT2D eigenvalue weighted by Gasteiger charge is -2.17. The third-order valence-electron chi connectivity index (χ3n) is 2.78. The molecule has 13 heavy (non-hydrogen) atoms. The Bertz CT molecular complexity index is 314. The molecule has 0 N–H and O–H groups in total. The highest BCUT2D eigenvalue weighted by molar-refractivity contribution is 7.83. The second kappa shape index (κ2) is 3.22. The van der Waals surface area contributed by atoms with Crippen LogP contribution in [0.3, 0.4) is 0 Å². The zero-order chi connectivity index (χ0) is 9.31. The molecule has 0 fully saturated rings. The van der Waals surface area contributed by atoms with Gasteiger partial charge in [-0.15, -0.1) is 0 Å². The molecule has 1 aliphatic carbocycles. The predicted molar refractivity (Wildman–Crippen MR) is 60.1 cm³/mol. The van der Waals surface area contributed by atoms with E-state index in [9.17, 15) is 0 Å². The molecule has 0 amide bonds. The molecule has 1 aliphatic rings. The van der Waals surface area contributed by atoms with Crippen molar-refractivity contribution < 1.29 is 0 Å². The van der Waals surface area contributed by atoms with Crippen LogP contribution >= 0.6 is 12.6 Å².